The molecular weight excluding hydrogens is 339 g/mol. The second-order valence-corrected chi connectivity index (χ2v) is 5.44. The van der Waals surface area contributed by atoms with Crippen molar-refractivity contribution in [2.24, 2.45) is 0 Å². The number of aryl methyl sites for hydroxylation is 2. The molecule has 134 valence electrons. The maximum absolute atomic E-state index is 12.7. The summed E-state index contributed by atoms with van der Waals surface area (Å²) >= 11 is 0. The Balaban J connectivity index is 2.03. The molecule has 0 saturated heterocycles. The topological polar surface area (TPSA) is 68.5 Å². The molecule has 1 amide bonds. The van der Waals surface area contributed by atoms with Crippen LogP contribution in [0.5, 0.6) is 0 Å². The average molecular weight is 355 g/mol. The molecule has 8 heteroatoms. The zero-order valence-corrected chi connectivity index (χ0v) is 13.7. The van der Waals surface area contributed by atoms with Crippen molar-refractivity contribution >= 4 is 17.6 Å². The van der Waals surface area contributed by atoms with E-state index in [0.717, 1.165) is 12.1 Å². The third-order valence-electron chi connectivity index (χ3n) is 3.37. The van der Waals surface area contributed by atoms with Crippen LogP contribution in [-0.4, -0.2) is 18.0 Å². The first-order valence-corrected chi connectivity index (χ1v) is 7.34. The largest absolute Gasteiger partial charge is 0.466 e. The van der Waals surface area contributed by atoms with Crippen molar-refractivity contribution in [3.63, 3.8) is 0 Å². The summed E-state index contributed by atoms with van der Waals surface area (Å²) in [6.07, 6.45) is -5.72. The van der Waals surface area contributed by atoms with Crippen molar-refractivity contribution in [1.29, 1.82) is 0 Å². The fourth-order valence-corrected chi connectivity index (χ4v) is 2.13. The second kappa shape index (κ2) is 7.00. The zero-order valence-electron chi connectivity index (χ0n) is 13.7. The lowest BCUT2D eigenvalue weighted by Gasteiger charge is -2.14. The molecule has 1 aromatic carbocycles. The Labute approximate surface area is 141 Å². The van der Waals surface area contributed by atoms with Crippen LogP contribution in [0.2, 0.25) is 0 Å². The van der Waals surface area contributed by atoms with Crippen LogP contribution in [0.3, 0.4) is 0 Å². The van der Waals surface area contributed by atoms with Gasteiger partial charge in [0.2, 0.25) is 0 Å². The molecule has 1 aromatic heterocycles. The third kappa shape index (κ3) is 4.62. The molecule has 0 spiro atoms. The maximum atomic E-state index is 12.7. The van der Waals surface area contributed by atoms with Crippen molar-refractivity contribution < 1.29 is 31.9 Å². The van der Waals surface area contributed by atoms with E-state index in [1.165, 1.54) is 25.1 Å². The van der Waals surface area contributed by atoms with Crippen LogP contribution in [0.25, 0.3) is 0 Å². The van der Waals surface area contributed by atoms with Gasteiger partial charge in [0.25, 0.3) is 5.91 Å². The minimum atomic E-state index is -4.52. The first kappa shape index (κ1) is 18.6. The van der Waals surface area contributed by atoms with E-state index in [-0.39, 0.29) is 11.3 Å². The number of esters is 1. The number of anilines is 1. The summed E-state index contributed by atoms with van der Waals surface area (Å²) in [6.45, 7) is 4.56. The van der Waals surface area contributed by atoms with Crippen molar-refractivity contribution in [2.75, 3.05) is 5.32 Å². The van der Waals surface area contributed by atoms with Crippen LogP contribution in [0.4, 0.5) is 18.9 Å². The summed E-state index contributed by atoms with van der Waals surface area (Å²) < 4.78 is 48.3. The lowest BCUT2D eigenvalue weighted by atomic mass is 10.2. The van der Waals surface area contributed by atoms with Crippen molar-refractivity contribution in [3.05, 3.63) is 53.0 Å². The van der Waals surface area contributed by atoms with Gasteiger partial charge in [-0.15, -0.1) is 0 Å². The van der Waals surface area contributed by atoms with Crippen molar-refractivity contribution in [1.82, 2.24) is 0 Å². The highest BCUT2D eigenvalue weighted by atomic mass is 19.4. The van der Waals surface area contributed by atoms with Crippen LogP contribution in [0.1, 0.15) is 34.4 Å². The number of carbonyl (C=O) groups excluding carboxylic acids is 2. The van der Waals surface area contributed by atoms with Gasteiger partial charge in [0, 0.05) is 5.69 Å². The fraction of sp³-hybridized carbons (Fsp3) is 0.294. The summed E-state index contributed by atoms with van der Waals surface area (Å²) in [5, 5.41) is 2.29. The van der Waals surface area contributed by atoms with E-state index in [2.05, 4.69) is 5.32 Å². The molecule has 5 nitrogen and oxygen atoms in total. The quantitative estimate of drug-likeness (QED) is 0.839. The van der Waals surface area contributed by atoms with E-state index in [4.69, 9.17) is 9.15 Å². The van der Waals surface area contributed by atoms with Gasteiger partial charge in [-0.25, -0.2) is 4.79 Å². The summed E-state index contributed by atoms with van der Waals surface area (Å²) in [7, 11) is 0. The van der Waals surface area contributed by atoms with Gasteiger partial charge in [0.05, 0.1) is 5.56 Å². The maximum Gasteiger partial charge on any atom is 0.416 e. The standard InChI is InChI=1S/C17H16F3NO4/c1-9-7-14(10(2)24-9)16(23)25-11(3)15(22)21-13-6-4-5-12(8-13)17(18,19)20/h4-8,11H,1-3H3,(H,21,22)/t11-/m1/s1. The lowest BCUT2D eigenvalue weighted by molar-refractivity contribution is -0.137. The van der Waals surface area contributed by atoms with Gasteiger partial charge in [-0.3, -0.25) is 4.79 Å². The Hall–Kier alpha value is -2.77. The molecule has 0 aliphatic carbocycles. The monoisotopic (exact) mass is 355 g/mol. The fourth-order valence-electron chi connectivity index (χ4n) is 2.13. The van der Waals surface area contributed by atoms with Crippen LogP contribution < -0.4 is 5.32 Å². The van der Waals surface area contributed by atoms with E-state index < -0.39 is 29.7 Å². The number of rotatable bonds is 4. The van der Waals surface area contributed by atoms with Crippen LogP contribution in [0.15, 0.2) is 34.7 Å². The molecule has 0 unspecified atom stereocenters. The molecule has 2 aromatic rings. The molecule has 1 N–H and O–H groups in total. The Morgan fingerprint density at radius 3 is 2.44 bits per heavy atom. The predicted molar refractivity (Wildman–Crippen MR) is 83.1 cm³/mol. The van der Waals surface area contributed by atoms with Gasteiger partial charge in [0.15, 0.2) is 6.10 Å². The number of carbonyl (C=O) groups is 2. The van der Waals surface area contributed by atoms with Gasteiger partial charge in [0.1, 0.15) is 17.1 Å². The molecule has 1 heterocycles. The lowest BCUT2D eigenvalue weighted by Crippen LogP contribution is -2.30. The van der Waals surface area contributed by atoms with E-state index >= 15 is 0 Å². The highest BCUT2D eigenvalue weighted by molar-refractivity contribution is 5.97. The van der Waals surface area contributed by atoms with E-state index in [1.807, 2.05) is 0 Å². The van der Waals surface area contributed by atoms with Gasteiger partial charge < -0.3 is 14.5 Å². The number of furan rings is 1. The number of hydrogen-bond donors (Lipinski definition) is 1. The number of nitrogens with one attached hydrogen (secondary N) is 1. The molecule has 0 aliphatic heterocycles. The molecule has 2 rings (SSSR count). The van der Waals surface area contributed by atoms with Gasteiger partial charge in [-0.1, -0.05) is 6.07 Å². The smallest absolute Gasteiger partial charge is 0.416 e. The number of ether oxygens (including phenoxy) is 1. The zero-order chi connectivity index (χ0) is 18.8. The molecule has 25 heavy (non-hydrogen) atoms. The first-order chi connectivity index (χ1) is 11.6. The first-order valence-electron chi connectivity index (χ1n) is 7.34. The Morgan fingerprint density at radius 2 is 1.88 bits per heavy atom. The SMILES string of the molecule is Cc1cc(C(=O)O[C@H](C)C(=O)Nc2cccc(C(F)(F)F)c2)c(C)o1. The number of hydrogen-bond acceptors (Lipinski definition) is 4. The summed E-state index contributed by atoms with van der Waals surface area (Å²) in [4.78, 5) is 24.1. The molecule has 0 radical (unpaired) electrons. The van der Waals surface area contributed by atoms with E-state index in [0.29, 0.717) is 11.5 Å². The highest BCUT2D eigenvalue weighted by Crippen LogP contribution is 2.30. The minimum absolute atomic E-state index is 0.0435. The van der Waals surface area contributed by atoms with Gasteiger partial charge >= 0.3 is 12.1 Å². The number of benzene rings is 1. The van der Waals surface area contributed by atoms with E-state index in [9.17, 15) is 22.8 Å². The number of halogens is 3. The molecule has 1 atom stereocenters. The van der Waals surface area contributed by atoms with E-state index in [1.54, 1.807) is 13.8 Å². The third-order valence-corrected chi connectivity index (χ3v) is 3.37. The minimum Gasteiger partial charge on any atom is -0.466 e. The highest BCUT2D eigenvalue weighted by Gasteiger charge is 2.30. The number of amides is 1. The molecule has 0 aliphatic rings. The Kier molecular flexibility index (Phi) is 5.20. The van der Waals surface area contributed by atoms with Crippen LogP contribution in [0, 0.1) is 13.8 Å². The molecule has 0 bridgehead atoms. The molecule has 0 fully saturated rings. The summed E-state index contributed by atoms with van der Waals surface area (Å²) in [6, 6.07) is 5.66. The summed E-state index contributed by atoms with van der Waals surface area (Å²) in [5.41, 5.74) is -0.742. The van der Waals surface area contributed by atoms with Crippen LogP contribution in [-0.2, 0) is 15.7 Å². The van der Waals surface area contributed by atoms with Gasteiger partial charge in [-0.2, -0.15) is 13.2 Å². The Morgan fingerprint density at radius 1 is 1.20 bits per heavy atom. The number of alkyl halides is 3. The second-order valence-electron chi connectivity index (χ2n) is 5.44. The molecule has 0 saturated carbocycles. The Bertz CT molecular complexity index is 795. The van der Waals surface area contributed by atoms with Gasteiger partial charge in [-0.05, 0) is 45.0 Å². The predicted octanol–water partition coefficient (Wildman–Crippen LogP) is 4.10. The summed E-state index contributed by atoms with van der Waals surface area (Å²) in [5.74, 6) is -0.620. The normalized spacial score (nSPS) is 12.6. The molecular formula is C17H16F3NO4. The van der Waals surface area contributed by atoms with Crippen LogP contribution >= 0.6 is 0 Å². The van der Waals surface area contributed by atoms with Crippen molar-refractivity contribution in [3.8, 4) is 0 Å². The average Bonchev–Trinajstić information content (AvgIpc) is 2.85. The van der Waals surface area contributed by atoms with Crippen molar-refractivity contribution in [2.45, 2.75) is 33.1 Å².